The van der Waals surface area contributed by atoms with Crippen molar-refractivity contribution in [3.05, 3.63) is 94.5 Å². The molecule has 0 N–H and O–H groups in total. The molecule has 4 rings (SSSR count). The third-order valence-corrected chi connectivity index (χ3v) is 26.4. The van der Waals surface area contributed by atoms with Crippen LogP contribution in [0.5, 0.6) is 0 Å². The van der Waals surface area contributed by atoms with Gasteiger partial charge in [0.25, 0.3) is 0 Å². The van der Waals surface area contributed by atoms with Gasteiger partial charge in [-0.3, -0.25) is 0 Å². The van der Waals surface area contributed by atoms with E-state index in [2.05, 4.69) is 115 Å². The van der Waals surface area contributed by atoms with Crippen molar-refractivity contribution in [2.24, 2.45) is 0 Å². The first-order chi connectivity index (χ1) is 16.7. The van der Waals surface area contributed by atoms with Crippen LogP contribution in [0.4, 0.5) is 0 Å². The van der Waals surface area contributed by atoms with Gasteiger partial charge in [-0.25, -0.2) is 0 Å². The van der Waals surface area contributed by atoms with Gasteiger partial charge in [-0.1, -0.05) is 76.6 Å². The molecule has 4 aromatic carbocycles. The minimum absolute atomic E-state index is 0.236. The third kappa shape index (κ3) is 9.15. The molecule has 0 unspecified atom stereocenters. The van der Waals surface area contributed by atoms with Crippen molar-refractivity contribution in [3.8, 4) is 11.1 Å². The normalized spacial score (nSPS) is 10.3. The number of benzene rings is 2. The van der Waals surface area contributed by atoms with Crippen LogP contribution in [0.2, 0.25) is 12.1 Å². The number of hydrogen-bond donors (Lipinski definition) is 0. The molecule has 0 nitrogen and oxygen atoms in total. The average molecular weight is 603 g/mol. The third-order valence-electron chi connectivity index (χ3n) is 6.53. The molecule has 0 spiro atoms. The van der Waals surface area contributed by atoms with Crippen LogP contribution in [0.25, 0.3) is 21.9 Å². The maximum absolute atomic E-state index is 6.01. The fraction of sp³-hybridized carbons (Fsp3) is 0.355. The van der Waals surface area contributed by atoms with Gasteiger partial charge in [-0.05, 0) is 5.56 Å². The Morgan fingerprint density at radius 1 is 0.743 bits per heavy atom. The summed E-state index contributed by atoms with van der Waals surface area (Å²) in [5, 5.41) is 2.69. The number of fused-ring (bicyclic) bond motifs is 1. The predicted molar refractivity (Wildman–Crippen MR) is 158 cm³/mol. The van der Waals surface area contributed by atoms with Crippen LogP contribution in [0.15, 0.2) is 66.7 Å². The van der Waals surface area contributed by atoms with Crippen LogP contribution < -0.4 is 0 Å². The topological polar surface area (TPSA) is 0 Å². The molecule has 0 atom stereocenters. The summed E-state index contributed by atoms with van der Waals surface area (Å²) in [4.78, 5) is 0. The fourth-order valence-electron chi connectivity index (χ4n) is 4.30. The van der Waals surface area contributed by atoms with Crippen molar-refractivity contribution in [2.75, 3.05) is 0 Å². The van der Waals surface area contributed by atoms with Gasteiger partial charge in [0.15, 0.2) is 0 Å². The standard InChI is InChI=1S/C16H13.C9H13.C6H14Si.2ClH.Zr/c1-12-10-14-8-5-9-15(16(14)11-12)13-6-3-2-4-7-13;1-6-5-7(2)9(4)8(6)3;1-3-5-7-6-4-2;;;/h2-11H,1H3;5H,1-4H3;3-6H2,1-2H3;2*1H;/q2*-1;;;;+2/p-2. The zero-order valence-corrected chi connectivity index (χ0v) is 27.4. The van der Waals surface area contributed by atoms with E-state index in [1.54, 1.807) is 0 Å². The van der Waals surface area contributed by atoms with Crippen molar-refractivity contribution in [2.45, 2.75) is 73.4 Å². The Kier molecular flexibility index (Phi) is 13.3. The molecule has 0 aliphatic carbocycles. The number of hydrogen-bond acceptors (Lipinski definition) is 0. The van der Waals surface area contributed by atoms with Gasteiger partial charge >= 0.3 is 79.2 Å². The van der Waals surface area contributed by atoms with Crippen molar-refractivity contribution in [3.63, 3.8) is 0 Å². The van der Waals surface area contributed by atoms with E-state index in [-0.39, 0.29) is 5.43 Å². The Morgan fingerprint density at radius 3 is 1.77 bits per heavy atom. The Balaban J connectivity index is 0.000000198. The van der Waals surface area contributed by atoms with E-state index >= 15 is 0 Å². The maximum atomic E-state index is 6.01. The number of rotatable bonds is 5. The monoisotopic (exact) mass is 600 g/mol. The van der Waals surface area contributed by atoms with Gasteiger partial charge < -0.3 is 0 Å². The molecule has 0 bridgehead atoms. The summed E-state index contributed by atoms with van der Waals surface area (Å²) in [6.07, 6.45) is 2.55. The van der Waals surface area contributed by atoms with Crippen LogP contribution in [-0.4, -0.2) is 5.43 Å². The zero-order valence-electron chi connectivity index (χ0n) is 22.4. The first-order valence-corrected chi connectivity index (χ1v) is 24.6. The summed E-state index contributed by atoms with van der Waals surface area (Å²) in [6, 6.07) is 26.5. The van der Waals surface area contributed by atoms with Gasteiger partial charge in [-0.2, -0.15) is 34.4 Å². The molecule has 0 aliphatic rings. The van der Waals surface area contributed by atoms with Gasteiger partial charge in [0.1, 0.15) is 0 Å². The molecule has 0 heterocycles. The second-order valence-corrected chi connectivity index (χ2v) is 30.4. The van der Waals surface area contributed by atoms with E-state index in [1.165, 1.54) is 74.6 Å². The van der Waals surface area contributed by atoms with Crippen LogP contribution >= 0.6 is 17.0 Å². The Hall–Kier alpha value is -0.920. The minimum atomic E-state index is -1.78. The molecule has 4 heteroatoms. The van der Waals surface area contributed by atoms with Crippen LogP contribution in [0.3, 0.4) is 0 Å². The summed E-state index contributed by atoms with van der Waals surface area (Å²) in [7, 11) is 12.0. The zero-order chi connectivity index (χ0) is 26.0. The Morgan fingerprint density at radius 2 is 1.31 bits per heavy atom. The number of halogens is 2. The molecular formula is C31H40Cl2SiZr-2. The molecule has 0 saturated carbocycles. The molecule has 0 amide bonds. The molecule has 0 aliphatic heterocycles. The molecule has 0 radical (unpaired) electrons. The van der Waals surface area contributed by atoms with E-state index in [4.69, 9.17) is 17.0 Å². The van der Waals surface area contributed by atoms with Crippen molar-refractivity contribution in [1.82, 2.24) is 0 Å². The van der Waals surface area contributed by atoms with Crippen molar-refractivity contribution >= 4 is 33.2 Å². The average Bonchev–Trinajstić information content (AvgIpc) is 3.33. The molecule has 0 aromatic heterocycles. The SMILES string of the molecule is CCC[Si](CCC)=[Zr]([Cl])[Cl].Cc1[cH-]c(C)c(C)c1C.Cc1cc2c(-c3ccccc3)cccc2[cH-]1. The smallest absolute Gasteiger partial charge is 0.0279 e. The Bertz CT molecular complexity index is 1200. The second-order valence-electron chi connectivity index (χ2n) is 9.33. The Labute approximate surface area is 228 Å². The predicted octanol–water partition coefficient (Wildman–Crippen LogP) is 10.9. The molecule has 188 valence electrons. The number of aryl methyl sites for hydroxylation is 3. The quantitative estimate of drug-likeness (QED) is 0.157. The molecular weight excluding hydrogens is 563 g/mol. The van der Waals surface area contributed by atoms with Gasteiger partial charge in [-0.15, -0.1) is 34.5 Å². The second kappa shape index (κ2) is 15.4. The molecule has 35 heavy (non-hydrogen) atoms. The van der Waals surface area contributed by atoms with E-state index in [0.717, 1.165) is 0 Å². The first-order valence-electron chi connectivity index (χ1n) is 12.6. The van der Waals surface area contributed by atoms with Crippen LogP contribution in [0.1, 0.15) is 54.5 Å². The van der Waals surface area contributed by atoms with Crippen molar-refractivity contribution < 1.29 is 18.0 Å². The summed E-state index contributed by atoms with van der Waals surface area (Å²) in [5.74, 6) is 0. The summed E-state index contributed by atoms with van der Waals surface area (Å²) in [6.45, 7) is 15.3. The first kappa shape index (κ1) is 30.3. The van der Waals surface area contributed by atoms with Gasteiger partial charge in [0.2, 0.25) is 0 Å². The van der Waals surface area contributed by atoms with Crippen LogP contribution in [0, 0.1) is 34.6 Å². The minimum Gasteiger partial charge on any atom is -0.196 e. The van der Waals surface area contributed by atoms with Crippen molar-refractivity contribution in [1.29, 1.82) is 0 Å². The summed E-state index contributed by atoms with van der Waals surface area (Å²) in [5.41, 5.74) is 9.46. The van der Waals surface area contributed by atoms with Crippen LogP contribution in [-0.2, 0) is 18.0 Å². The molecule has 4 aromatic rings. The largest absolute Gasteiger partial charge is 0.196 e. The maximum Gasteiger partial charge on any atom is -0.0279 e. The van der Waals surface area contributed by atoms with E-state index in [1.807, 2.05) is 0 Å². The van der Waals surface area contributed by atoms with E-state index in [0.29, 0.717) is 0 Å². The fourth-order valence-corrected chi connectivity index (χ4v) is 19.3. The molecule has 0 saturated heterocycles. The van der Waals surface area contributed by atoms with Gasteiger partial charge in [0.05, 0.1) is 0 Å². The molecule has 0 fully saturated rings. The van der Waals surface area contributed by atoms with E-state index in [9.17, 15) is 0 Å². The van der Waals surface area contributed by atoms with E-state index < -0.39 is 18.0 Å². The van der Waals surface area contributed by atoms with Gasteiger partial charge in [0, 0.05) is 0 Å². The summed E-state index contributed by atoms with van der Waals surface area (Å²) >= 11 is -1.78. The summed E-state index contributed by atoms with van der Waals surface area (Å²) < 4.78 is 0.